The molecular weight excluding hydrogens is 261 g/mol. The van der Waals surface area contributed by atoms with Crippen LogP contribution in [0.15, 0.2) is 30.7 Å². The van der Waals surface area contributed by atoms with Gasteiger partial charge in [0.1, 0.15) is 12.4 Å². The molecule has 0 radical (unpaired) electrons. The maximum Gasteiger partial charge on any atom is 0.254 e. The number of aliphatic hydroxyl groups excluding tert-OH is 1. The van der Waals surface area contributed by atoms with Gasteiger partial charge in [-0.25, -0.2) is 9.37 Å². The third kappa shape index (κ3) is 3.43. The molecule has 5 nitrogen and oxygen atoms in total. The Hall–Kier alpha value is -2.65. The second kappa shape index (κ2) is 6.50. The highest BCUT2D eigenvalue weighted by Crippen LogP contribution is 2.10. The minimum absolute atomic E-state index is 0.0564. The first-order chi connectivity index (χ1) is 9.70. The van der Waals surface area contributed by atoms with E-state index in [9.17, 15) is 9.18 Å². The third-order valence-corrected chi connectivity index (χ3v) is 2.52. The fraction of sp³-hybridized carbons (Fsp3) is 0.143. The number of aromatic amines is 1. The number of halogens is 1. The van der Waals surface area contributed by atoms with Crippen LogP contribution in [0.25, 0.3) is 0 Å². The van der Waals surface area contributed by atoms with Crippen LogP contribution in [0.1, 0.15) is 21.6 Å². The van der Waals surface area contributed by atoms with E-state index in [4.69, 9.17) is 5.11 Å². The number of benzene rings is 1. The Balaban J connectivity index is 2.06. The van der Waals surface area contributed by atoms with Gasteiger partial charge in [-0.3, -0.25) is 4.79 Å². The molecule has 20 heavy (non-hydrogen) atoms. The molecule has 0 spiro atoms. The standard InChI is InChI=1S/C14H12FN3O2/c15-13-6-10(2-1-5-19)3-4-12(13)14(20)17-8-11-7-16-9-18-11/h3-4,6-7,9,19H,5,8H2,(H,16,18)(H,17,20). The van der Waals surface area contributed by atoms with Gasteiger partial charge in [-0.05, 0) is 18.2 Å². The van der Waals surface area contributed by atoms with Gasteiger partial charge < -0.3 is 15.4 Å². The fourth-order valence-corrected chi connectivity index (χ4v) is 1.57. The van der Waals surface area contributed by atoms with E-state index < -0.39 is 11.7 Å². The van der Waals surface area contributed by atoms with Gasteiger partial charge in [-0.2, -0.15) is 0 Å². The van der Waals surface area contributed by atoms with Gasteiger partial charge in [0.2, 0.25) is 0 Å². The van der Waals surface area contributed by atoms with E-state index in [2.05, 4.69) is 27.1 Å². The van der Waals surface area contributed by atoms with Crippen molar-refractivity contribution in [1.82, 2.24) is 15.3 Å². The first-order valence-corrected chi connectivity index (χ1v) is 5.85. The maximum absolute atomic E-state index is 13.8. The van der Waals surface area contributed by atoms with Crippen molar-refractivity contribution in [3.05, 3.63) is 53.4 Å². The Morgan fingerprint density at radius 3 is 3.00 bits per heavy atom. The molecule has 0 aliphatic carbocycles. The van der Waals surface area contributed by atoms with Crippen LogP contribution in [-0.2, 0) is 6.54 Å². The van der Waals surface area contributed by atoms with Crippen LogP contribution in [0.3, 0.4) is 0 Å². The highest BCUT2D eigenvalue weighted by Gasteiger charge is 2.11. The molecule has 0 aliphatic heterocycles. The number of imidazole rings is 1. The van der Waals surface area contributed by atoms with Crippen LogP contribution in [0.4, 0.5) is 4.39 Å². The molecule has 1 amide bonds. The molecule has 6 heteroatoms. The number of nitrogens with one attached hydrogen (secondary N) is 2. The number of hydrogen-bond acceptors (Lipinski definition) is 3. The Morgan fingerprint density at radius 2 is 2.35 bits per heavy atom. The number of rotatable bonds is 3. The van der Waals surface area contributed by atoms with Crippen LogP contribution >= 0.6 is 0 Å². The average Bonchev–Trinajstić information content (AvgIpc) is 2.96. The second-order valence-corrected chi connectivity index (χ2v) is 3.91. The van der Waals surface area contributed by atoms with Crippen molar-refractivity contribution >= 4 is 5.91 Å². The lowest BCUT2D eigenvalue weighted by molar-refractivity contribution is 0.0946. The van der Waals surface area contributed by atoms with E-state index in [0.717, 1.165) is 11.8 Å². The van der Waals surface area contributed by atoms with Gasteiger partial charge in [0.15, 0.2) is 0 Å². The summed E-state index contributed by atoms with van der Waals surface area (Å²) in [6.07, 6.45) is 3.07. The third-order valence-electron chi connectivity index (χ3n) is 2.52. The minimum atomic E-state index is -0.656. The van der Waals surface area contributed by atoms with Gasteiger partial charge >= 0.3 is 0 Å². The van der Waals surface area contributed by atoms with Gasteiger partial charge in [-0.15, -0.1) is 0 Å². The van der Waals surface area contributed by atoms with Crippen molar-refractivity contribution in [2.75, 3.05) is 6.61 Å². The lowest BCUT2D eigenvalue weighted by Gasteiger charge is -2.05. The largest absolute Gasteiger partial charge is 0.384 e. The molecular formula is C14H12FN3O2. The summed E-state index contributed by atoms with van der Waals surface area (Å²) in [6, 6.07) is 4.05. The first kappa shape index (κ1) is 13.8. The molecule has 2 rings (SSSR count). The highest BCUT2D eigenvalue weighted by molar-refractivity contribution is 5.94. The van der Waals surface area contributed by atoms with Crippen LogP contribution in [0.5, 0.6) is 0 Å². The number of carbonyl (C=O) groups is 1. The number of aromatic nitrogens is 2. The molecule has 1 heterocycles. The predicted octanol–water partition coefficient (Wildman–Crippen LogP) is 0.823. The molecule has 0 fully saturated rings. The summed E-state index contributed by atoms with van der Waals surface area (Å²) < 4.78 is 13.8. The quantitative estimate of drug-likeness (QED) is 0.725. The Kier molecular flexibility index (Phi) is 4.47. The Labute approximate surface area is 114 Å². The van der Waals surface area contributed by atoms with E-state index in [1.807, 2.05) is 0 Å². The monoisotopic (exact) mass is 273 g/mol. The van der Waals surface area contributed by atoms with E-state index in [0.29, 0.717) is 5.56 Å². The second-order valence-electron chi connectivity index (χ2n) is 3.91. The van der Waals surface area contributed by atoms with Crippen LogP contribution < -0.4 is 5.32 Å². The lowest BCUT2D eigenvalue weighted by Crippen LogP contribution is -2.24. The summed E-state index contributed by atoms with van der Waals surface area (Å²) >= 11 is 0. The summed E-state index contributed by atoms with van der Waals surface area (Å²) in [6.45, 7) is -0.0572. The molecule has 0 aliphatic rings. The molecule has 1 aromatic carbocycles. The number of H-pyrrole nitrogens is 1. The van der Waals surface area contributed by atoms with Gasteiger partial charge in [0, 0.05) is 11.8 Å². The number of carbonyl (C=O) groups excluding carboxylic acids is 1. The fourth-order valence-electron chi connectivity index (χ4n) is 1.57. The zero-order chi connectivity index (χ0) is 14.4. The molecule has 2 aromatic rings. The lowest BCUT2D eigenvalue weighted by atomic mass is 10.1. The number of amides is 1. The summed E-state index contributed by atoms with van der Waals surface area (Å²) in [5.74, 6) is 3.81. The molecule has 0 saturated heterocycles. The minimum Gasteiger partial charge on any atom is -0.384 e. The summed E-state index contributed by atoms with van der Waals surface area (Å²) in [5, 5.41) is 11.1. The number of hydrogen-bond donors (Lipinski definition) is 3. The zero-order valence-electron chi connectivity index (χ0n) is 10.5. The van der Waals surface area contributed by atoms with Crippen LogP contribution in [-0.4, -0.2) is 27.6 Å². The van der Waals surface area contributed by atoms with Crippen molar-refractivity contribution in [2.24, 2.45) is 0 Å². The normalized spacial score (nSPS) is 9.70. The molecule has 0 unspecified atom stereocenters. The summed E-state index contributed by atoms with van der Waals surface area (Å²) in [7, 11) is 0. The average molecular weight is 273 g/mol. The summed E-state index contributed by atoms with van der Waals surface area (Å²) in [4.78, 5) is 18.5. The molecule has 0 bridgehead atoms. The van der Waals surface area contributed by atoms with E-state index in [1.165, 1.54) is 18.5 Å². The van der Waals surface area contributed by atoms with Gasteiger partial charge in [0.25, 0.3) is 5.91 Å². The highest BCUT2D eigenvalue weighted by atomic mass is 19.1. The predicted molar refractivity (Wildman–Crippen MR) is 70.1 cm³/mol. The molecule has 0 saturated carbocycles. The summed E-state index contributed by atoms with van der Waals surface area (Å²) in [5.41, 5.74) is 1.07. The Bertz CT molecular complexity index is 657. The van der Waals surface area contributed by atoms with Gasteiger partial charge in [-0.1, -0.05) is 11.8 Å². The van der Waals surface area contributed by atoms with Gasteiger partial charge in [0.05, 0.1) is 24.1 Å². The van der Waals surface area contributed by atoms with Crippen molar-refractivity contribution < 1.29 is 14.3 Å². The zero-order valence-corrected chi connectivity index (χ0v) is 10.5. The number of nitrogens with zero attached hydrogens (tertiary/aromatic N) is 1. The molecule has 3 N–H and O–H groups in total. The van der Waals surface area contributed by atoms with Crippen molar-refractivity contribution in [3.8, 4) is 11.8 Å². The first-order valence-electron chi connectivity index (χ1n) is 5.85. The van der Waals surface area contributed by atoms with E-state index >= 15 is 0 Å². The van der Waals surface area contributed by atoms with E-state index in [-0.39, 0.29) is 18.7 Å². The molecule has 1 aromatic heterocycles. The topological polar surface area (TPSA) is 78.0 Å². The van der Waals surface area contributed by atoms with Crippen LogP contribution in [0.2, 0.25) is 0 Å². The molecule has 0 atom stereocenters. The van der Waals surface area contributed by atoms with E-state index in [1.54, 1.807) is 6.20 Å². The maximum atomic E-state index is 13.8. The smallest absolute Gasteiger partial charge is 0.254 e. The molecule has 102 valence electrons. The van der Waals surface area contributed by atoms with Crippen molar-refractivity contribution in [1.29, 1.82) is 0 Å². The number of aliphatic hydroxyl groups is 1. The SMILES string of the molecule is O=C(NCc1cnc[nH]1)c1ccc(C#CCO)cc1F. The van der Waals surface area contributed by atoms with Crippen molar-refractivity contribution in [2.45, 2.75) is 6.54 Å². The van der Waals surface area contributed by atoms with Crippen molar-refractivity contribution in [3.63, 3.8) is 0 Å². The van der Waals surface area contributed by atoms with Crippen LogP contribution in [0, 0.1) is 17.7 Å². The Morgan fingerprint density at radius 1 is 1.50 bits per heavy atom.